The van der Waals surface area contributed by atoms with Gasteiger partial charge < -0.3 is 10.2 Å². The molecule has 2 aliphatic rings. The van der Waals surface area contributed by atoms with E-state index in [0.29, 0.717) is 5.41 Å². The number of hydrogen-bond donors (Lipinski definition) is 1. The maximum Gasteiger partial charge on any atom is 0.0406 e. The van der Waals surface area contributed by atoms with Gasteiger partial charge in [-0.1, -0.05) is 18.2 Å². The predicted molar refractivity (Wildman–Crippen MR) is 85.2 cm³/mol. The van der Waals surface area contributed by atoms with Gasteiger partial charge in [0.25, 0.3) is 0 Å². The number of benzene rings is 1. The summed E-state index contributed by atoms with van der Waals surface area (Å²) < 4.78 is 0. The SMILES string of the molecule is CN(C)c1ccccc1CN1CCC2(CCNCC2)C1. The Morgan fingerprint density at radius 3 is 2.65 bits per heavy atom. The van der Waals surface area contributed by atoms with E-state index in [-0.39, 0.29) is 0 Å². The van der Waals surface area contributed by atoms with Gasteiger partial charge in [-0.05, 0) is 55.9 Å². The standard InChI is InChI=1S/C17H27N3/c1-19(2)16-6-4-3-5-15(16)13-20-12-9-17(14-20)7-10-18-11-8-17/h3-6,18H,7-14H2,1-2H3. The number of rotatable bonds is 3. The molecule has 110 valence electrons. The Bertz CT molecular complexity index is 449. The first-order chi connectivity index (χ1) is 9.69. The molecule has 0 atom stereocenters. The third-order valence-electron chi connectivity index (χ3n) is 5.05. The number of likely N-dealkylation sites (tertiary alicyclic amines) is 1. The fraction of sp³-hybridized carbons (Fsp3) is 0.647. The van der Waals surface area contributed by atoms with Crippen LogP contribution in [0.15, 0.2) is 24.3 Å². The summed E-state index contributed by atoms with van der Waals surface area (Å²) in [5.74, 6) is 0. The monoisotopic (exact) mass is 273 g/mol. The Morgan fingerprint density at radius 2 is 1.90 bits per heavy atom. The average molecular weight is 273 g/mol. The van der Waals surface area contributed by atoms with Crippen LogP contribution in [-0.2, 0) is 6.54 Å². The molecule has 1 aromatic rings. The van der Waals surface area contributed by atoms with Crippen LogP contribution in [0.2, 0.25) is 0 Å². The van der Waals surface area contributed by atoms with Crippen LogP contribution in [0.1, 0.15) is 24.8 Å². The van der Waals surface area contributed by atoms with Crippen molar-refractivity contribution in [3.05, 3.63) is 29.8 Å². The number of para-hydroxylation sites is 1. The Labute approximate surface area is 123 Å². The van der Waals surface area contributed by atoms with Crippen LogP contribution in [0, 0.1) is 5.41 Å². The number of anilines is 1. The van der Waals surface area contributed by atoms with Crippen LogP contribution in [0.3, 0.4) is 0 Å². The maximum atomic E-state index is 3.50. The van der Waals surface area contributed by atoms with Crippen molar-refractivity contribution in [3.63, 3.8) is 0 Å². The highest BCUT2D eigenvalue weighted by Crippen LogP contribution is 2.39. The fourth-order valence-electron chi connectivity index (χ4n) is 3.85. The minimum atomic E-state index is 0.609. The first-order valence-electron chi connectivity index (χ1n) is 7.87. The molecule has 2 heterocycles. The molecule has 0 unspecified atom stereocenters. The van der Waals surface area contributed by atoms with Crippen molar-refractivity contribution in [3.8, 4) is 0 Å². The summed E-state index contributed by atoms with van der Waals surface area (Å²) in [5, 5.41) is 3.50. The fourth-order valence-corrected chi connectivity index (χ4v) is 3.85. The van der Waals surface area contributed by atoms with Gasteiger partial charge in [0.2, 0.25) is 0 Å². The minimum Gasteiger partial charge on any atom is -0.377 e. The summed E-state index contributed by atoms with van der Waals surface area (Å²) in [5.41, 5.74) is 3.43. The van der Waals surface area contributed by atoms with Crippen LogP contribution < -0.4 is 10.2 Å². The van der Waals surface area contributed by atoms with Crippen molar-refractivity contribution >= 4 is 5.69 Å². The van der Waals surface area contributed by atoms with Gasteiger partial charge >= 0.3 is 0 Å². The lowest BCUT2D eigenvalue weighted by atomic mass is 9.78. The van der Waals surface area contributed by atoms with Crippen LogP contribution in [-0.4, -0.2) is 45.2 Å². The van der Waals surface area contributed by atoms with Crippen molar-refractivity contribution in [1.82, 2.24) is 10.2 Å². The lowest BCUT2D eigenvalue weighted by Crippen LogP contribution is -2.38. The zero-order valence-corrected chi connectivity index (χ0v) is 12.9. The Morgan fingerprint density at radius 1 is 1.15 bits per heavy atom. The van der Waals surface area contributed by atoms with E-state index in [4.69, 9.17) is 0 Å². The molecule has 1 N–H and O–H groups in total. The van der Waals surface area contributed by atoms with E-state index in [0.717, 1.165) is 6.54 Å². The van der Waals surface area contributed by atoms with E-state index < -0.39 is 0 Å². The van der Waals surface area contributed by atoms with Gasteiger partial charge in [0.15, 0.2) is 0 Å². The highest BCUT2D eigenvalue weighted by Gasteiger charge is 2.38. The van der Waals surface area contributed by atoms with Crippen molar-refractivity contribution in [2.24, 2.45) is 5.41 Å². The zero-order valence-electron chi connectivity index (χ0n) is 12.9. The second-order valence-electron chi connectivity index (χ2n) is 6.73. The lowest BCUT2D eigenvalue weighted by molar-refractivity contribution is 0.194. The average Bonchev–Trinajstić information content (AvgIpc) is 2.82. The molecule has 2 saturated heterocycles. The first-order valence-corrected chi connectivity index (χ1v) is 7.87. The molecule has 1 aromatic carbocycles. The number of nitrogens with zero attached hydrogens (tertiary/aromatic N) is 2. The Hall–Kier alpha value is -1.06. The van der Waals surface area contributed by atoms with Crippen molar-refractivity contribution in [1.29, 1.82) is 0 Å². The quantitative estimate of drug-likeness (QED) is 0.912. The first kappa shape index (κ1) is 13.9. The molecule has 2 aliphatic heterocycles. The second kappa shape index (κ2) is 5.74. The van der Waals surface area contributed by atoms with E-state index >= 15 is 0 Å². The van der Waals surface area contributed by atoms with Gasteiger partial charge in [0.1, 0.15) is 0 Å². The largest absolute Gasteiger partial charge is 0.377 e. The molecule has 0 aliphatic carbocycles. The van der Waals surface area contributed by atoms with Gasteiger partial charge in [-0.2, -0.15) is 0 Å². The number of hydrogen-bond acceptors (Lipinski definition) is 3. The van der Waals surface area contributed by atoms with Gasteiger partial charge in [-0.3, -0.25) is 4.90 Å². The predicted octanol–water partition coefficient (Wildman–Crippen LogP) is 2.33. The van der Waals surface area contributed by atoms with Crippen LogP contribution in [0.25, 0.3) is 0 Å². The van der Waals surface area contributed by atoms with E-state index in [1.807, 2.05) is 0 Å². The smallest absolute Gasteiger partial charge is 0.0406 e. The van der Waals surface area contributed by atoms with E-state index in [2.05, 4.69) is 53.5 Å². The molecule has 0 saturated carbocycles. The summed E-state index contributed by atoms with van der Waals surface area (Å²) >= 11 is 0. The topological polar surface area (TPSA) is 18.5 Å². The second-order valence-corrected chi connectivity index (χ2v) is 6.73. The number of piperidine rings is 1. The van der Waals surface area contributed by atoms with Gasteiger partial charge in [-0.15, -0.1) is 0 Å². The van der Waals surface area contributed by atoms with Crippen molar-refractivity contribution in [2.75, 3.05) is 45.2 Å². The summed E-state index contributed by atoms with van der Waals surface area (Å²) in [4.78, 5) is 4.89. The molecule has 0 radical (unpaired) electrons. The summed E-state index contributed by atoms with van der Waals surface area (Å²) in [6.45, 7) is 6.08. The van der Waals surface area contributed by atoms with Gasteiger partial charge in [-0.25, -0.2) is 0 Å². The molecule has 20 heavy (non-hydrogen) atoms. The van der Waals surface area contributed by atoms with Gasteiger partial charge in [0.05, 0.1) is 0 Å². The normalized spacial score (nSPS) is 22.3. The van der Waals surface area contributed by atoms with E-state index in [9.17, 15) is 0 Å². The molecule has 2 fully saturated rings. The molecule has 0 amide bonds. The molecule has 3 rings (SSSR count). The summed E-state index contributed by atoms with van der Waals surface area (Å²) in [6, 6.07) is 8.81. The van der Waals surface area contributed by atoms with E-state index in [1.54, 1.807) is 0 Å². The van der Waals surface area contributed by atoms with Crippen molar-refractivity contribution < 1.29 is 0 Å². The maximum absolute atomic E-state index is 3.50. The molecule has 0 aromatic heterocycles. The third-order valence-corrected chi connectivity index (χ3v) is 5.05. The van der Waals surface area contributed by atoms with Crippen molar-refractivity contribution in [2.45, 2.75) is 25.8 Å². The summed E-state index contributed by atoms with van der Waals surface area (Å²) in [6.07, 6.45) is 4.11. The highest BCUT2D eigenvalue weighted by molar-refractivity contribution is 5.52. The van der Waals surface area contributed by atoms with Crippen LogP contribution in [0.4, 0.5) is 5.69 Å². The zero-order chi connectivity index (χ0) is 14.0. The third kappa shape index (κ3) is 2.84. The minimum absolute atomic E-state index is 0.609. The molecule has 3 nitrogen and oxygen atoms in total. The van der Waals surface area contributed by atoms with Gasteiger partial charge in [0, 0.05) is 32.9 Å². The highest BCUT2D eigenvalue weighted by atomic mass is 15.2. The van der Waals surface area contributed by atoms with Crippen LogP contribution >= 0.6 is 0 Å². The lowest BCUT2D eigenvalue weighted by Gasteiger charge is -2.34. The van der Waals surface area contributed by atoms with E-state index in [1.165, 1.54) is 56.7 Å². The molecule has 3 heteroatoms. The summed E-state index contributed by atoms with van der Waals surface area (Å²) in [7, 11) is 4.27. The number of nitrogens with one attached hydrogen (secondary N) is 1. The van der Waals surface area contributed by atoms with Crippen LogP contribution in [0.5, 0.6) is 0 Å². The molecule has 0 bridgehead atoms. The molecule has 1 spiro atoms. The Kier molecular flexibility index (Phi) is 3.99. The Balaban J connectivity index is 1.67. The molecular formula is C17H27N3. The molecular weight excluding hydrogens is 246 g/mol.